The Morgan fingerprint density at radius 2 is 1.65 bits per heavy atom. The lowest BCUT2D eigenvalue weighted by Crippen LogP contribution is -2.13. The lowest BCUT2D eigenvalue weighted by Gasteiger charge is -2.12. The Kier molecular flexibility index (Phi) is 10.4. The van der Waals surface area contributed by atoms with Gasteiger partial charge in [0.15, 0.2) is 11.5 Å². The average molecular weight is 492 g/mol. The fourth-order valence-electron chi connectivity index (χ4n) is 3.03. The maximum absolute atomic E-state index is 12.3. The van der Waals surface area contributed by atoms with Crippen LogP contribution in [0.3, 0.4) is 0 Å². The van der Waals surface area contributed by atoms with Crippen LogP contribution in [-0.4, -0.2) is 32.7 Å². The van der Waals surface area contributed by atoms with Crippen molar-refractivity contribution in [3.8, 4) is 11.5 Å². The number of carbonyl (C=O) groups is 2. The van der Waals surface area contributed by atoms with Crippen molar-refractivity contribution >= 4 is 33.5 Å². The van der Waals surface area contributed by atoms with Gasteiger partial charge in [0.2, 0.25) is 5.91 Å². The van der Waals surface area contributed by atoms with Gasteiger partial charge in [-0.2, -0.15) is 0 Å². The summed E-state index contributed by atoms with van der Waals surface area (Å²) >= 11 is 3.51. The number of esters is 1. The topological polar surface area (TPSA) is 73.9 Å². The van der Waals surface area contributed by atoms with E-state index in [0.29, 0.717) is 42.2 Å². The summed E-state index contributed by atoms with van der Waals surface area (Å²) in [6.45, 7) is 2.57. The average Bonchev–Trinajstić information content (AvgIpc) is 2.78. The molecule has 6 nitrogen and oxygen atoms in total. The first-order valence-electron chi connectivity index (χ1n) is 10.5. The standard InChI is InChI=1S/C24H30BrNO5/c1-4-5-6-7-14-31-24(28)17-8-11-19(12-9-17)26-23(27)13-10-18-15-21(29-2)22(30-3)16-20(18)25/h8-9,11-12,15-16H,4-7,10,13-14H2,1-3H3,(H,26,27). The predicted octanol–water partition coefficient (Wildman–Crippen LogP) is 5.77. The van der Waals surface area contributed by atoms with Gasteiger partial charge in [-0.1, -0.05) is 42.1 Å². The van der Waals surface area contributed by atoms with Crippen LogP contribution < -0.4 is 14.8 Å². The summed E-state index contributed by atoms with van der Waals surface area (Å²) < 4.78 is 16.7. The number of methoxy groups -OCH3 is 2. The molecule has 7 heteroatoms. The van der Waals surface area contributed by atoms with E-state index in [0.717, 1.165) is 35.7 Å². The van der Waals surface area contributed by atoms with Crippen LogP contribution in [0.25, 0.3) is 0 Å². The fraction of sp³-hybridized carbons (Fsp3) is 0.417. The SMILES string of the molecule is CCCCCCOC(=O)c1ccc(NC(=O)CCc2cc(OC)c(OC)cc2Br)cc1. The zero-order valence-corrected chi connectivity index (χ0v) is 19.9. The van der Waals surface area contributed by atoms with E-state index in [1.165, 1.54) is 0 Å². The molecular weight excluding hydrogens is 462 g/mol. The van der Waals surface area contributed by atoms with E-state index in [1.807, 2.05) is 12.1 Å². The number of amides is 1. The van der Waals surface area contributed by atoms with Gasteiger partial charge in [0, 0.05) is 16.6 Å². The molecule has 2 aromatic carbocycles. The quantitative estimate of drug-likeness (QED) is 0.301. The summed E-state index contributed by atoms with van der Waals surface area (Å²) in [6, 6.07) is 10.4. The summed E-state index contributed by atoms with van der Waals surface area (Å²) in [5, 5.41) is 2.85. The highest BCUT2D eigenvalue weighted by atomic mass is 79.9. The molecule has 0 fully saturated rings. The Bertz CT molecular complexity index is 867. The van der Waals surface area contributed by atoms with Crippen LogP contribution in [0.2, 0.25) is 0 Å². The molecule has 0 heterocycles. The first-order valence-corrected chi connectivity index (χ1v) is 11.2. The molecule has 0 spiro atoms. The monoisotopic (exact) mass is 491 g/mol. The number of unbranched alkanes of at least 4 members (excludes halogenated alkanes) is 3. The molecule has 1 amide bonds. The highest BCUT2D eigenvalue weighted by Gasteiger charge is 2.12. The van der Waals surface area contributed by atoms with Crippen LogP contribution in [0, 0.1) is 0 Å². The van der Waals surface area contributed by atoms with Crippen molar-refractivity contribution in [1.82, 2.24) is 0 Å². The fourth-order valence-corrected chi connectivity index (χ4v) is 3.55. The van der Waals surface area contributed by atoms with Gasteiger partial charge in [0.25, 0.3) is 0 Å². The third-order valence-electron chi connectivity index (χ3n) is 4.81. The number of rotatable bonds is 12. The third kappa shape index (κ3) is 7.90. The van der Waals surface area contributed by atoms with E-state index in [1.54, 1.807) is 38.5 Å². The molecule has 1 N–H and O–H groups in total. The van der Waals surface area contributed by atoms with Gasteiger partial charge < -0.3 is 19.5 Å². The minimum atomic E-state index is -0.340. The molecule has 0 saturated heterocycles. The summed E-state index contributed by atoms with van der Waals surface area (Å²) in [6.07, 6.45) is 5.07. The van der Waals surface area contributed by atoms with Gasteiger partial charge in [0.1, 0.15) is 0 Å². The van der Waals surface area contributed by atoms with Crippen molar-refractivity contribution in [2.75, 3.05) is 26.1 Å². The molecule has 31 heavy (non-hydrogen) atoms. The summed E-state index contributed by atoms with van der Waals surface area (Å²) in [4.78, 5) is 24.4. The first kappa shape index (κ1) is 24.7. The first-order chi connectivity index (χ1) is 15.0. The van der Waals surface area contributed by atoms with E-state index >= 15 is 0 Å². The van der Waals surface area contributed by atoms with Crippen LogP contribution >= 0.6 is 15.9 Å². The van der Waals surface area contributed by atoms with Crippen molar-refractivity contribution in [2.45, 2.75) is 45.4 Å². The highest BCUT2D eigenvalue weighted by Crippen LogP contribution is 2.33. The molecular formula is C24H30BrNO5. The molecule has 2 aromatic rings. The number of benzene rings is 2. The van der Waals surface area contributed by atoms with Crippen LogP contribution in [0.5, 0.6) is 11.5 Å². The van der Waals surface area contributed by atoms with Gasteiger partial charge in [-0.3, -0.25) is 4.79 Å². The third-order valence-corrected chi connectivity index (χ3v) is 5.55. The van der Waals surface area contributed by atoms with E-state index < -0.39 is 0 Å². The van der Waals surface area contributed by atoms with Crippen molar-refractivity contribution in [1.29, 1.82) is 0 Å². The number of hydrogen-bond acceptors (Lipinski definition) is 5. The van der Waals surface area contributed by atoms with Crippen LogP contribution in [0.4, 0.5) is 5.69 Å². The second-order valence-corrected chi connectivity index (χ2v) is 7.98. The molecule has 0 aliphatic rings. The molecule has 0 saturated carbocycles. The normalized spacial score (nSPS) is 10.5. The lowest BCUT2D eigenvalue weighted by atomic mass is 10.1. The van der Waals surface area contributed by atoms with Crippen LogP contribution in [0.1, 0.15) is 54.9 Å². The molecule has 168 valence electrons. The van der Waals surface area contributed by atoms with Gasteiger partial charge in [-0.25, -0.2) is 4.79 Å². The summed E-state index contributed by atoms with van der Waals surface area (Å²) in [5.41, 5.74) is 2.06. The van der Waals surface area contributed by atoms with E-state index in [9.17, 15) is 9.59 Å². The molecule has 0 aliphatic heterocycles. The predicted molar refractivity (Wildman–Crippen MR) is 125 cm³/mol. The van der Waals surface area contributed by atoms with E-state index in [4.69, 9.17) is 14.2 Å². The van der Waals surface area contributed by atoms with Gasteiger partial charge >= 0.3 is 5.97 Å². The Balaban J connectivity index is 1.84. The Morgan fingerprint density at radius 1 is 0.968 bits per heavy atom. The maximum atomic E-state index is 12.3. The van der Waals surface area contributed by atoms with Gasteiger partial charge in [-0.05, 0) is 54.8 Å². The number of ether oxygens (including phenoxy) is 3. The zero-order valence-electron chi connectivity index (χ0n) is 18.3. The van der Waals surface area contributed by atoms with Crippen molar-refractivity contribution in [3.63, 3.8) is 0 Å². The van der Waals surface area contributed by atoms with Crippen molar-refractivity contribution in [3.05, 3.63) is 52.0 Å². The van der Waals surface area contributed by atoms with Gasteiger partial charge in [0.05, 0.1) is 26.4 Å². The van der Waals surface area contributed by atoms with Crippen molar-refractivity contribution < 1.29 is 23.8 Å². The van der Waals surface area contributed by atoms with Gasteiger partial charge in [-0.15, -0.1) is 0 Å². The number of nitrogens with one attached hydrogen (secondary N) is 1. The second-order valence-electron chi connectivity index (χ2n) is 7.12. The summed E-state index contributed by atoms with van der Waals surface area (Å²) in [5.74, 6) is 0.789. The molecule has 0 aliphatic carbocycles. The molecule has 0 unspecified atom stereocenters. The molecule has 0 radical (unpaired) electrons. The minimum Gasteiger partial charge on any atom is -0.493 e. The van der Waals surface area contributed by atoms with E-state index in [2.05, 4.69) is 28.2 Å². The van der Waals surface area contributed by atoms with Crippen LogP contribution in [-0.2, 0) is 16.0 Å². The molecule has 0 atom stereocenters. The molecule has 0 aromatic heterocycles. The number of halogens is 1. The highest BCUT2D eigenvalue weighted by molar-refractivity contribution is 9.10. The van der Waals surface area contributed by atoms with Crippen LogP contribution in [0.15, 0.2) is 40.9 Å². The Labute approximate surface area is 192 Å². The Morgan fingerprint density at radius 3 is 2.29 bits per heavy atom. The smallest absolute Gasteiger partial charge is 0.338 e. The second kappa shape index (κ2) is 13.0. The van der Waals surface area contributed by atoms with E-state index in [-0.39, 0.29) is 11.9 Å². The minimum absolute atomic E-state index is 0.118. The molecule has 2 rings (SSSR count). The molecule has 0 bridgehead atoms. The largest absolute Gasteiger partial charge is 0.493 e. The lowest BCUT2D eigenvalue weighted by molar-refractivity contribution is -0.116. The number of anilines is 1. The number of hydrogen-bond donors (Lipinski definition) is 1. The van der Waals surface area contributed by atoms with Crippen molar-refractivity contribution in [2.24, 2.45) is 0 Å². The number of aryl methyl sites for hydroxylation is 1. The summed E-state index contributed by atoms with van der Waals surface area (Å²) in [7, 11) is 3.16. The maximum Gasteiger partial charge on any atom is 0.338 e. The number of carbonyl (C=O) groups excluding carboxylic acids is 2. The zero-order chi connectivity index (χ0) is 22.6. The Hall–Kier alpha value is -2.54.